The van der Waals surface area contributed by atoms with E-state index in [-0.39, 0.29) is 69.5 Å². The van der Waals surface area contributed by atoms with E-state index in [2.05, 4.69) is 22.0 Å². The first-order valence-electron chi connectivity index (χ1n) is 27.7. The number of hydrogen-bond acceptors (Lipinski definition) is 10. The Morgan fingerprint density at radius 1 is 0.772 bits per heavy atom. The smallest absolute Gasteiger partial charge is 0.411 e. The van der Waals surface area contributed by atoms with Crippen molar-refractivity contribution in [3.8, 4) is 0 Å². The van der Waals surface area contributed by atoms with Crippen molar-refractivity contribution in [1.82, 2.24) is 35.6 Å². The van der Waals surface area contributed by atoms with E-state index in [1.165, 1.54) is 21.7 Å². The summed E-state index contributed by atoms with van der Waals surface area (Å²) in [5, 5.41) is 9.43. The topological polar surface area (TPSA) is 196 Å². The van der Waals surface area contributed by atoms with Crippen LogP contribution in [0.5, 0.6) is 0 Å². The van der Waals surface area contributed by atoms with Crippen LogP contribution in [0.2, 0.25) is 0 Å². The first-order chi connectivity index (χ1) is 37.6. The van der Waals surface area contributed by atoms with Gasteiger partial charge in [0.15, 0.2) is 0 Å². The van der Waals surface area contributed by atoms with E-state index in [1.807, 2.05) is 124 Å². The fourth-order valence-electron chi connectivity index (χ4n) is 11.1. The van der Waals surface area contributed by atoms with Gasteiger partial charge in [0.25, 0.3) is 0 Å². The molecule has 2 aliphatic carbocycles. The molecule has 79 heavy (non-hydrogen) atoms. The van der Waals surface area contributed by atoms with E-state index >= 15 is 14.4 Å². The number of carbonyl (C=O) groups excluding carboxylic acids is 7. The summed E-state index contributed by atoms with van der Waals surface area (Å²) in [5.41, 5.74) is 2.84. The van der Waals surface area contributed by atoms with Crippen molar-refractivity contribution < 1.29 is 47.8 Å². The summed E-state index contributed by atoms with van der Waals surface area (Å²) in [7, 11) is 3.02. The minimum absolute atomic E-state index is 0.0138. The number of nitrogens with one attached hydrogen (secondary N) is 3. The Kier molecular flexibility index (Phi) is 17.9. The Hall–Kier alpha value is -7.27. The lowest BCUT2D eigenvalue weighted by atomic mass is 9.85. The van der Waals surface area contributed by atoms with E-state index < -0.39 is 76.7 Å². The fourth-order valence-corrected chi connectivity index (χ4v) is 11.1. The molecule has 4 aliphatic rings. The van der Waals surface area contributed by atoms with Crippen molar-refractivity contribution in [3.63, 3.8) is 0 Å². The molecule has 7 atom stereocenters. The minimum Gasteiger partial charge on any atom is -0.445 e. The van der Waals surface area contributed by atoms with Crippen LogP contribution in [-0.2, 0) is 64.2 Å². The predicted octanol–water partition coefficient (Wildman–Crippen LogP) is 7.81. The second-order valence-corrected chi connectivity index (χ2v) is 23.9. The average Bonchev–Trinajstić information content (AvgIpc) is 4.34. The van der Waals surface area contributed by atoms with Gasteiger partial charge in [0.05, 0.1) is 30.7 Å². The molecule has 0 spiro atoms. The molecule has 4 aromatic carbocycles. The van der Waals surface area contributed by atoms with Crippen molar-refractivity contribution in [2.75, 3.05) is 33.9 Å². The Labute approximate surface area is 465 Å². The van der Waals surface area contributed by atoms with E-state index in [0.29, 0.717) is 19.3 Å². The van der Waals surface area contributed by atoms with E-state index in [0.717, 1.165) is 46.2 Å². The number of rotatable bonds is 17. The van der Waals surface area contributed by atoms with Gasteiger partial charge in [-0.3, -0.25) is 33.8 Å². The van der Waals surface area contributed by atoms with Crippen molar-refractivity contribution >= 4 is 41.7 Å². The van der Waals surface area contributed by atoms with Crippen molar-refractivity contribution in [1.29, 1.82) is 0 Å². The molecule has 0 bridgehead atoms. The third-order valence-electron chi connectivity index (χ3n) is 15.9. The number of ether oxygens (including phenoxy) is 3. The third-order valence-corrected chi connectivity index (χ3v) is 15.9. The van der Waals surface area contributed by atoms with Crippen molar-refractivity contribution in [2.24, 2.45) is 10.8 Å². The lowest BCUT2D eigenvalue weighted by Crippen LogP contribution is -2.60. The number of likely N-dealkylation sites (N-methyl/N-ethyl adjacent to an activating group) is 1. The highest BCUT2D eigenvalue weighted by atomic mass is 16.6. The van der Waals surface area contributed by atoms with E-state index in [1.54, 1.807) is 39.7 Å². The summed E-state index contributed by atoms with van der Waals surface area (Å²) in [6, 6.07) is 28.7. The maximum atomic E-state index is 15.7. The zero-order chi connectivity index (χ0) is 56.8. The van der Waals surface area contributed by atoms with Crippen LogP contribution in [0.15, 0.2) is 109 Å². The monoisotopic (exact) mass is 1080 g/mol. The minimum atomic E-state index is -1.15. The highest BCUT2D eigenvalue weighted by Crippen LogP contribution is 2.48. The lowest BCUT2D eigenvalue weighted by molar-refractivity contribution is -0.144. The Balaban J connectivity index is 1.07. The number of likely N-dealkylation sites (tertiary alicyclic amines) is 1. The molecule has 7 amide bonds. The normalized spacial score (nSPS) is 20.5. The van der Waals surface area contributed by atoms with Gasteiger partial charge in [0, 0.05) is 39.7 Å². The van der Waals surface area contributed by atoms with Crippen LogP contribution in [0.25, 0.3) is 0 Å². The number of aryl methyl sites for hydroxylation is 1. The molecule has 2 aliphatic heterocycles. The van der Waals surface area contributed by atoms with Crippen LogP contribution in [-0.4, -0.2) is 131 Å². The first-order valence-corrected chi connectivity index (χ1v) is 27.7. The lowest BCUT2D eigenvalue weighted by Gasteiger charge is -2.41. The van der Waals surface area contributed by atoms with Crippen LogP contribution in [0.1, 0.15) is 126 Å². The number of carbonyl (C=O) groups is 7. The molecule has 1 saturated heterocycles. The number of amides is 7. The summed E-state index contributed by atoms with van der Waals surface area (Å²) in [4.78, 5) is 108. The van der Waals surface area contributed by atoms with Gasteiger partial charge in [-0.2, -0.15) is 0 Å². The Bertz CT molecular complexity index is 2850. The number of methoxy groups -OCH3 is 1. The largest absolute Gasteiger partial charge is 0.445 e. The molecule has 2 unspecified atom stereocenters. The molecule has 8 rings (SSSR count). The van der Waals surface area contributed by atoms with Crippen LogP contribution in [0.4, 0.5) is 9.59 Å². The zero-order valence-electron chi connectivity index (χ0n) is 47.3. The molecule has 2 heterocycles. The van der Waals surface area contributed by atoms with Crippen LogP contribution >= 0.6 is 0 Å². The van der Waals surface area contributed by atoms with Crippen LogP contribution in [0.3, 0.4) is 0 Å². The van der Waals surface area contributed by atoms with Gasteiger partial charge in [-0.05, 0) is 105 Å². The number of benzene rings is 4. The van der Waals surface area contributed by atoms with Crippen molar-refractivity contribution in [2.45, 2.75) is 154 Å². The summed E-state index contributed by atoms with van der Waals surface area (Å²) in [6.07, 6.45) is 2.31. The summed E-state index contributed by atoms with van der Waals surface area (Å²) >= 11 is 0. The number of nitrogens with zero attached hydrogens (tertiary/aromatic N) is 4. The summed E-state index contributed by atoms with van der Waals surface area (Å²) < 4.78 is 17.3. The summed E-state index contributed by atoms with van der Waals surface area (Å²) in [6.45, 7) is 12.4. The van der Waals surface area contributed by atoms with Gasteiger partial charge in [0.2, 0.25) is 29.5 Å². The molecule has 0 radical (unpaired) electrons. The maximum absolute atomic E-state index is 15.7. The number of fused-ring (bicyclic) bond motifs is 2. The molecule has 17 heteroatoms. The standard InChI is InChI=1S/C62H79N7O10/c1-40(66(8)58(75)79-61(5,6)7)53(70)65-52(60(2,3)4)56(73)67-36-46(34-49(67)54(71)64-48-30-20-28-42-23-18-19-29-47(42)48)63-57(74)62(31-32-62)39-69(51(38-77-9)43-24-14-11-15-25-43)55(72)50-33-44-26-16-17-27-45(44)35-68(50)59(76)78-37-41-21-12-10-13-22-41/h10-19,21-27,29,40,46,48-52H,20,28,30-39H2,1-9H3,(H,63,74)(H,64,71)(H,65,70)/t40-,46?,48?,49-,50-,51-,52+/m0/s1. The maximum Gasteiger partial charge on any atom is 0.411 e. The average molecular weight is 1080 g/mol. The molecule has 0 aromatic heterocycles. The molecule has 4 aromatic rings. The molecular formula is C62H79N7O10. The molecule has 422 valence electrons. The highest BCUT2D eigenvalue weighted by molar-refractivity contribution is 5.95. The van der Waals surface area contributed by atoms with Gasteiger partial charge < -0.3 is 40.0 Å². The number of hydrogen-bond donors (Lipinski definition) is 3. The van der Waals surface area contributed by atoms with Crippen molar-refractivity contribution in [3.05, 3.63) is 143 Å². The van der Waals surface area contributed by atoms with E-state index in [9.17, 15) is 19.2 Å². The molecule has 3 N–H and O–H groups in total. The van der Waals surface area contributed by atoms with Gasteiger partial charge >= 0.3 is 12.2 Å². The predicted molar refractivity (Wildman–Crippen MR) is 298 cm³/mol. The van der Waals surface area contributed by atoms with Crippen LogP contribution in [0, 0.1) is 10.8 Å². The van der Waals surface area contributed by atoms with E-state index in [4.69, 9.17) is 14.2 Å². The second-order valence-electron chi connectivity index (χ2n) is 23.9. The highest BCUT2D eigenvalue weighted by Gasteiger charge is 2.55. The van der Waals surface area contributed by atoms with Gasteiger partial charge in [-0.25, -0.2) is 9.59 Å². The first kappa shape index (κ1) is 57.9. The molecule has 1 saturated carbocycles. The van der Waals surface area contributed by atoms with Crippen LogP contribution < -0.4 is 16.0 Å². The second kappa shape index (κ2) is 24.4. The SMILES string of the molecule is COC[C@@H](c1ccccc1)N(CC1(C(=O)NC2C[C@@H](C(=O)NC3CCCc4ccccc43)N(C(=O)[C@@H](NC(=O)[C@H](C)N(C)C(=O)OC(C)(C)C)C(C)(C)C)C2)CC1)C(=O)[C@@H]1Cc2ccccc2CN1C(=O)OCc1ccccc1. The summed E-state index contributed by atoms with van der Waals surface area (Å²) in [5.74, 6) is -2.18. The molecular weight excluding hydrogens is 1000 g/mol. The fraction of sp³-hybridized carbons (Fsp3) is 0.500. The molecule has 2 fully saturated rings. The van der Waals surface area contributed by atoms with Gasteiger partial charge in [-0.15, -0.1) is 0 Å². The van der Waals surface area contributed by atoms with Gasteiger partial charge in [0.1, 0.15) is 36.4 Å². The molecule has 17 nitrogen and oxygen atoms in total. The van der Waals surface area contributed by atoms with Gasteiger partial charge in [-0.1, -0.05) is 130 Å². The zero-order valence-corrected chi connectivity index (χ0v) is 47.3. The Morgan fingerprint density at radius 3 is 2.05 bits per heavy atom. The Morgan fingerprint density at radius 2 is 1.41 bits per heavy atom. The third kappa shape index (κ3) is 13.8. The quantitative estimate of drug-likeness (QED) is 0.0939.